The molecule has 0 N–H and O–H groups in total. The van der Waals surface area contributed by atoms with Gasteiger partial charge in [0.25, 0.3) is 0 Å². The van der Waals surface area contributed by atoms with Crippen molar-refractivity contribution in [3.63, 3.8) is 0 Å². The van der Waals surface area contributed by atoms with Gasteiger partial charge in [0.2, 0.25) is 0 Å². The first-order valence-electron chi connectivity index (χ1n) is 5.50. The molecule has 0 aliphatic heterocycles. The second-order valence-electron chi connectivity index (χ2n) is 3.81. The molecule has 0 atom stereocenters. The summed E-state index contributed by atoms with van der Waals surface area (Å²) >= 11 is 0. The van der Waals surface area contributed by atoms with Crippen LogP contribution in [0.5, 0.6) is 5.75 Å². The Morgan fingerprint density at radius 1 is 1.29 bits per heavy atom. The fourth-order valence-electron chi connectivity index (χ4n) is 1.66. The summed E-state index contributed by atoms with van der Waals surface area (Å²) in [4.78, 5) is 11.8. The Bertz CT molecular complexity index is 483. The molecule has 86 valence electrons. The first-order valence-corrected chi connectivity index (χ1v) is 5.50. The van der Waals surface area contributed by atoms with Crippen LogP contribution in [-0.4, -0.2) is 12.9 Å². The number of carbonyl (C=O) groups is 1. The Kier molecular flexibility index (Phi) is 3.55. The lowest BCUT2D eigenvalue weighted by Gasteiger charge is -2.01. The summed E-state index contributed by atoms with van der Waals surface area (Å²) in [5.41, 5.74) is 0.962. The highest BCUT2D eigenvalue weighted by Gasteiger charge is 2.10. The van der Waals surface area contributed by atoms with E-state index in [2.05, 4.69) is 0 Å². The first kappa shape index (κ1) is 11.4. The standard InChI is InChI=1S/C15H14O2/c1-17-14-8-4-5-12(11-14)9-10-15(16)13-6-2-3-7-13/h2-11,13H,1H3. The number of ketones is 1. The molecule has 0 amide bonds. The predicted octanol–water partition coefficient (Wildman–Crippen LogP) is 3.02. The molecule has 0 spiro atoms. The molecule has 0 unspecified atom stereocenters. The lowest BCUT2D eigenvalue weighted by Crippen LogP contribution is -2.03. The molecule has 0 heterocycles. The van der Waals surface area contributed by atoms with Gasteiger partial charge >= 0.3 is 0 Å². The van der Waals surface area contributed by atoms with E-state index in [1.54, 1.807) is 13.2 Å². The van der Waals surface area contributed by atoms with Crippen molar-refractivity contribution in [2.24, 2.45) is 5.92 Å². The number of carbonyl (C=O) groups excluding carboxylic acids is 1. The molecule has 0 saturated heterocycles. The third-order valence-electron chi connectivity index (χ3n) is 2.61. The summed E-state index contributed by atoms with van der Waals surface area (Å²) in [7, 11) is 1.63. The van der Waals surface area contributed by atoms with Crippen LogP contribution in [0.4, 0.5) is 0 Å². The van der Waals surface area contributed by atoms with E-state index in [4.69, 9.17) is 4.74 Å². The first-order chi connectivity index (χ1) is 8.29. The van der Waals surface area contributed by atoms with Crippen molar-refractivity contribution in [2.45, 2.75) is 0 Å². The minimum absolute atomic E-state index is 0.0952. The van der Waals surface area contributed by atoms with Gasteiger partial charge in [0.1, 0.15) is 5.75 Å². The molecule has 1 aliphatic carbocycles. The molecule has 2 nitrogen and oxygen atoms in total. The summed E-state index contributed by atoms with van der Waals surface area (Å²) in [6.07, 6.45) is 11.0. The van der Waals surface area contributed by atoms with Crippen LogP contribution in [0.15, 0.2) is 54.6 Å². The average molecular weight is 226 g/mol. The van der Waals surface area contributed by atoms with Crippen LogP contribution in [0.3, 0.4) is 0 Å². The highest BCUT2D eigenvalue weighted by atomic mass is 16.5. The normalized spacial score (nSPS) is 14.6. The number of benzene rings is 1. The van der Waals surface area contributed by atoms with Crippen molar-refractivity contribution in [1.82, 2.24) is 0 Å². The zero-order chi connectivity index (χ0) is 12.1. The molecule has 1 aromatic carbocycles. The SMILES string of the molecule is COc1cccc(C=CC(=O)C2C=CC=C2)c1. The van der Waals surface area contributed by atoms with Crippen LogP contribution in [0.1, 0.15) is 5.56 Å². The molecule has 1 aromatic rings. The van der Waals surface area contributed by atoms with Crippen LogP contribution in [0.2, 0.25) is 0 Å². The van der Waals surface area contributed by atoms with Crippen LogP contribution >= 0.6 is 0 Å². The van der Waals surface area contributed by atoms with Gasteiger partial charge in [-0.3, -0.25) is 4.79 Å². The van der Waals surface area contributed by atoms with Crippen molar-refractivity contribution in [3.05, 3.63) is 60.2 Å². The second-order valence-corrected chi connectivity index (χ2v) is 3.81. The van der Waals surface area contributed by atoms with Gasteiger partial charge in [0, 0.05) is 0 Å². The molecular weight excluding hydrogens is 212 g/mol. The summed E-state index contributed by atoms with van der Waals surface area (Å²) in [6.45, 7) is 0. The summed E-state index contributed by atoms with van der Waals surface area (Å²) in [6, 6.07) is 7.61. The Hall–Kier alpha value is -2.09. The Balaban J connectivity index is 2.06. The van der Waals surface area contributed by atoms with E-state index in [0.29, 0.717) is 0 Å². The highest BCUT2D eigenvalue weighted by Crippen LogP contribution is 2.15. The van der Waals surface area contributed by atoms with E-state index in [1.165, 1.54) is 0 Å². The predicted molar refractivity (Wildman–Crippen MR) is 68.8 cm³/mol. The van der Waals surface area contributed by atoms with E-state index >= 15 is 0 Å². The van der Waals surface area contributed by atoms with Crippen LogP contribution < -0.4 is 4.74 Å². The second kappa shape index (κ2) is 5.30. The van der Waals surface area contributed by atoms with Crippen molar-refractivity contribution < 1.29 is 9.53 Å². The minimum atomic E-state index is -0.100. The zero-order valence-electron chi connectivity index (χ0n) is 9.67. The number of allylic oxidation sites excluding steroid dienone is 5. The number of rotatable bonds is 4. The van der Waals surface area contributed by atoms with E-state index in [9.17, 15) is 4.79 Å². The summed E-state index contributed by atoms with van der Waals surface area (Å²) in [5, 5.41) is 0. The van der Waals surface area contributed by atoms with Gasteiger partial charge in [-0.05, 0) is 23.8 Å². The van der Waals surface area contributed by atoms with Crippen molar-refractivity contribution in [2.75, 3.05) is 7.11 Å². The molecular formula is C15H14O2. The van der Waals surface area contributed by atoms with Gasteiger partial charge in [0.05, 0.1) is 13.0 Å². The molecule has 0 bridgehead atoms. The monoisotopic (exact) mass is 226 g/mol. The molecule has 0 fully saturated rings. The fourth-order valence-corrected chi connectivity index (χ4v) is 1.66. The molecule has 0 aromatic heterocycles. The average Bonchev–Trinajstić information content (AvgIpc) is 2.90. The quantitative estimate of drug-likeness (QED) is 0.738. The largest absolute Gasteiger partial charge is 0.497 e. The van der Waals surface area contributed by atoms with Gasteiger partial charge in [-0.1, -0.05) is 42.5 Å². The van der Waals surface area contributed by atoms with Gasteiger partial charge in [-0.2, -0.15) is 0 Å². The maximum Gasteiger partial charge on any atom is 0.166 e. The molecule has 17 heavy (non-hydrogen) atoms. The maximum atomic E-state index is 11.8. The number of methoxy groups -OCH3 is 1. The van der Waals surface area contributed by atoms with E-state index in [1.807, 2.05) is 54.6 Å². The van der Waals surface area contributed by atoms with Crippen molar-refractivity contribution >= 4 is 11.9 Å². The Morgan fingerprint density at radius 2 is 2.06 bits per heavy atom. The van der Waals surface area contributed by atoms with Gasteiger partial charge in [-0.15, -0.1) is 0 Å². The number of ether oxygens (including phenoxy) is 1. The van der Waals surface area contributed by atoms with Crippen molar-refractivity contribution in [1.29, 1.82) is 0 Å². The zero-order valence-corrected chi connectivity index (χ0v) is 9.67. The lowest BCUT2D eigenvalue weighted by atomic mass is 10.1. The third kappa shape index (κ3) is 2.94. The van der Waals surface area contributed by atoms with E-state index < -0.39 is 0 Å². The van der Waals surface area contributed by atoms with Gasteiger partial charge in [0.15, 0.2) is 5.78 Å². The minimum Gasteiger partial charge on any atom is -0.497 e. The number of hydrogen-bond acceptors (Lipinski definition) is 2. The van der Waals surface area contributed by atoms with E-state index in [0.717, 1.165) is 11.3 Å². The van der Waals surface area contributed by atoms with Crippen LogP contribution in [0, 0.1) is 5.92 Å². The van der Waals surface area contributed by atoms with Gasteiger partial charge in [-0.25, -0.2) is 0 Å². The third-order valence-corrected chi connectivity index (χ3v) is 2.61. The maximum absolute atomic E-state index is 11.8. The molecule has 0 radical (unpaired) electrons. The Morgan fingerprint density at radius 3 is 2.76 bits per heavy atom. The smallest absolute Gasteiger partial charge is 0.166 e. The lowest BCUT2D eigenvalue weighted by molar-refractivity contribution is -0.115. The van der Waals surface area contributed by atoms with Crippen LogP contribution in [0.25, 0.3) is 6.08 Å². The Labute approximate surface area is 101 Å². The molecule has 1 aliphatic rings. The van der Waals surface area contributed by atoms with E-state index in [-0.39, 0.29) is 11.7 Å². The highest BCUT2D eigenvalue weighted by molar-refractivity contribution is 5.98. The molecule has 2 heteroatoms. The fraction of sp³-hybridized carbons (Fsp3) is 0.133. The topological polar surface area (TPSA) is 26.3 Å². The molecule has 2 rings (SSSR count). The summed E-state index contributed by atoms with van der Waals surface area (Å²) < 4.78 is 5.12. The number of hydrogen-bond donors (Lipinski definition) is 0. The van der Waals surface area contributed by atoms with Crippen LogP contribution in [-0.2, 0) is 4.79 Å². The summed E-state index contributed by atoms with van der Waals surface area (Å²) in [5.74, 6) is 0.787. The molecule has 0 saturated carbocycles. The van der Waals surface area contributed by atoms with Crippen molar-refractivity contribution in [3.8, 4) is 5.75 Å². The van der Waals surface area contributed by atoms with Gasteiger partial charge < -0.3 is 4.74 Å².